The maximum atomic E-state index is 13.1. The number of hydrogen-bond acceptors (Lipinski definition) is 7. The van der Waals surface area contributed by atoms with E-state index in [4.69, 9.17) is 4.74 Å². The average Bonchev–Trinajstić information content (AvgIpc) is 3.33. The van der Waals surface area contributed by atoms with Gasteiger partial charge in [-0.2, -0.15) is 4.31 Å². The van der Waals surface area contributed by atoms with E-state index >= 15 is 0 Å². The molecule has 1 fully saturated rings. The summed E-state index contributed by atoms with van der Waals surface area (Å²) >= 11 is 1.60. The zero-order chi connectivity index (χ0) is 23.6. The number of likely N-dealkylation sites (N-methyl/N-ethyl adjacent to an activating group) is 1. The van der Waals surface area contributed by atoms with Gasteiger partial charge < -0.3 is 19.9 Å². The van der Waals surface area contributed by atoms with E-state index in [9.17, 15) is 18.0 Å². The highest BCUT2D eigenvalue weighted by Crippen LogP contribution is 2.25. The number of rotatable bonds is 7. The number of morpholine rings is 1. The number of amides is 1. The van der Waals surface area contributed by atoms with Crippen LogP contribution in [0.2, 0.25) is 0 Å². The van der Waals surface area contributed by atoms with Crippen LogP contribution in [0.25, 0.3) is 10.9 Å². The fraction of sp³-hybridized carbons (Fsp3) is 0.364. The summed E-state index contributed by atoms with van der Waals surface area (Å²) in [5, 5.41) is 5.26. The van der Waals surface area contributed by atoms with Gasteiger partial charge in [0.15, 0.2) is 0 Å². The number of nitrogens with one attached hydrogen (secondary N) is 2. The fourth-order valence-corrected chi connectivity index (χ4v) is 6.18. The molecule has 0 radical (unpaired) electrons. The predicted molar refractivity (Wildman–Crippen MR) is 127 cm³/mol. The molecule has 0 saturated carbocycles. The molecule has 3 aromatic rings. The number of carbonyl (C=O) groups is 1. The number of sulfonamides is 1. The molecule has 1 aliphatic heterocycles. The molecule has 0 aliphatic carbocycles. The molecule has 1 unspecified atom stereocenters. The third kappa shape index (κ3) is 5.02. The minimum Gasteiger partial charge on any atom is -0.379 e. The molecule has 176 valence electrons. The van der Waals surface area contributed by atoms with Crippen molar-refractivity contribution in [3.63, 3.8) is 0 Å². The van der Waals surface area contributed by atoms with Crippen molar-refractivity contribution < 1.29 is 17.9 Å². The van der Waals surface area contributed by atoms with E-state index in [1.807, 2.05) is 36.5 Å². The molecule has 0 bridgehead atoms. The molecule has 0 spiro atoms. The maximum Gasteiger partial charge on any atom is 0.252 e. The van der Waals surface area contributed by atoms with Crippen molar-refractivity contribution in [2.24, 2.45) is 0 Å². The van der Waals surface area contributed by atoms with Crippen molar-refractivity contribution in [3.05, 3.63) is 62.6 Å². The molecule has 1 amide bonds. The Morgan fingerprint density at radius 2 is 2.00 bits per heavy atom. The third-order valence-electron chi connectivity index (χ3n) is 5.62. The van der Waals surface area contributed by atoms with E-state index < -0.39 is 21.5 Å². The summed E-state index contributed by atoms with van der Waals surface area (Å²) in [6, 6.07) is 9.57. The van der Waals surface area contributed by atoms with Gasteiger partial charge in [0, 0.05) is 41.5 Å². The number of carbonyl (C=O) groups excluding carboxylic acids is 1. The Morgan fingerprint density at radius 3 is 2.67 bits per heavy atom. The largest absolute Gasteiger partial charge is 0.379 e. The van der Waals surface area contributed by atoms with Gasteiger partial charge in [-0.05, 0) is 43.7 Å². The molecule has 33 heavy (non-hydrogen) atoms. The van der Waals surface area contributed by atoms with Crippen LogP contribution in [0.5, 0.6) is 0 Å². The quantitative estimate of drug-likeness (QED) is 0.521. The lowest BCUT2D eigenvalue weighted by atomic mass is 10.1. The molecular formula is C22H26N4O5S2. The van der Waals surface area contributed by atoms with Crippen LogP contribution in [-0.2, 0) is 14.8 Å². The zero-order valence-electron chi connectivity index (χ0n) is 18.4. The van der Waals surface area contributed by atoms with Crippen molar-refractivity contribution >= 4 is 38.2 Å². The number of ether oxygens (including phenoxy) is 1. The SMILES string of the molecule is CN(C)C(CNC(=O)c1cc(=O)[nH]c2ccc(S(=O)(=O)N3CCOCC3)cc12)c1cccs1. The molecule has 1 aromatic carbocycles. The molecule has 1 aliphatic rings. The molecule has 1 saturated heterocycles. The standard InChI is InChI=1S/C22H26N4O5S2/c1-25(2)19(20-4-3-11-32-20)14-23-22(28)17-13-21(27)24-18-6-5-15(12-16(17)18)33(29,30)26-7-9-31-10-8-26/h3-6,11-13,19H,7-10,14H2,1-2H3,(H,23,28)(H,24,27). The van der Waals surface area contributed by atoms with Crippen molar-refractivity contribution in [1.29, 1.82) is 0 Å². The van der Waals surface area contributed by atoms with Gasteiger partial charge in [-0.1, -0.05) is 6.07 Å². The lowest BCUT2D eigenvalue weighted by Gasteiger charge is -2.26. The van der Waals surface area contributed by atoms with E-state index in [2.05, 4.69) is 10.3 Å². The first-order valence-electron chi connectivity index (χ1n) is 10.5. The van der Waals surface area contributed by atoms with Gasteiger partial charge in [0.25, 0.3) is 5.91 Å². The molecule has 1 atom stereocenters. The fourth-order valence-electron chi connectivity index (χ4n) is 3.82. The van der Waals surface area contributed by atoms with E-state index in [0.717, 1.165) is 4.88 Å². The highest BCUT2D eigenvalue weighted by molar-refractivity contribution is 7.89. The van der Waals surface area contributed by atoms with Crippen molar-refractivity contribution in [3.8, 4) is 0 Å². The Hall–Kier alpha value is -2.57. The van der Waals surface area contributed by atoms with Gasteiger partial charge in [-0.25, -0.2) is 8.42 Å². The monoisotopic (exact) mass is 490 g/mol. The average molecular weight is 491 g/mol. The van der Waals surface area contributed by atoms with Crippen LogP contribution in [0.4, 0.5) is 0 Å². The second kappa shape index (κ2) is 9.74. The Kier molecular flexibility index (Phi) is 6.96. The highest BCUT2D eigenvalue weighted by Gasteiger charge is 2.27. The van der Waals surface area contributed by atoms with Gasteiger partial charge in [0.1, 0.15) is 0 Å². The van der Waals surface area contributed by atoms with Gasteiger partial charge in [0.2, 0.25) is 15.6 Å². The predicted octanol–water partition coefficient (Wildman–Crippen LogP) is 1.64. The van der Waals surface area contributed by atoms with Gasteiger partial charge in [0.05, 0.1) is 29.7 Å². The first kappa shape index (κ1) is 23.6. The minimum atomic E-state index is -3.75. The number of H-pyrrole nitrogens is 1. The third-order valence-corrected chi connectivity index (χ3v) is 8.49. The van der Waals surface area contributed by atoms with Gasteiger partial charge in [-0.15, -0.1) is 11.3 Å². The van der Waals surface area contributed by atoms with Crippen LogP contribution in [0.3, 0.4) is 0 Å². The van der Waals surface area contributed by atoms with E-state index in [1.54, 1.807) is 11.3 Å². The van der Waals surface area contributed by atoms with Crippen LogP contribution < -0.4 is 10.9 Å². The molecule has 2 aromatic heterocycles. The summed E-state index contributed by atoms with van der Waals surface area (Å²) in [5.74, 6) is -0.435. The molecule has 9 nitrogen and oxygen atoms in total. The number of benzene rings is 1. The number of nitrogens with zero attached hydrogens (tertiary/aromatic N) is 2. The second-order valence-electron chi connectivity index (χ2n) is 7.98. The highest BCUT2D eigenvalue weighted by atomic mass is 32.2. The Balaban J connectivity index is 1.66. The number of fused-ring (bicyclic) bond motifs is 1. The number of aromatic nitrogens is 1. The summed E-state index contributed by atoms with van der Waals surface area (Å²) in [7, 11) is 0.117. The Morgan fingerprint density at radius 1 is 1.24 bits per heavy atom. The second-order valence-corrected chi connectivity index (χ2v) is 10.9. The summed E-state index contributed by atoms with van der Waals surface area (Å²) in [6.07, 6.45) is 0. The Labute approximate surface area is 196 Å². The lowest BCUT2D eigenvalue weighted by molar-refractivity contribution is 0.0730. The summed E-state index contributed by atoms with van der Waals surface area (Å²) in [5.41, 5.74) is 0.103. The van der Waals surface area contributed by atoms with Gasteiger partial charge in [-0.3, -0.25) is 9.59 Å². The summed E-state index contributed by atoms with van der Waals surface area (Å²) < 4.78 is 32.8. The van der Waals surface area contributed by atoms with Crippen LogP contribution in [-0.4, -0.2) is 75.5 Å². The molecule has 3 heterocycles. The lowest BCUT2D eigenvalue weighted by Crippen LogP contribution is -2.40. The van der Waals surface area contributed by atoms with Crippen LogP contribution in [0.1, 0.15) is 21.3 Å². The molecule has 2 N–H and O–H groups in total. The Bertz CT molecular complexity index is 1300. The van der Waals surface area contributed by atoms with Crippen LogP contribution in [0.15, 0.2) is 51.5 Å². The minimum absolute atomic E-state index is 0.0283. The van der Waals surface area contributed by atoms with Crippen molar-refractivity contribution in [1.82, 2.24) is 19.5 Å². The normalized spacial score (nSPS) is 16.2. The molecule has 4 rings (SSSR count). The van der Waals surface area contributed by atoms with Gasteiger partial charge >= 0.3 is 0 Å². The number of aromatic amines is 1. The van der Waals surface area contributed by atoms with E-state index in [1.165, 1.54) is 28.6 Å². The summed E-state index contributed by atoms with van der Waals surface area (Å²) in [6.45, 7) is 1.56. The number of pyridine rings is 1. The van der Waals surface area contributed by atoms with E-state index in [-0.39, 0.29) is 29.6 Å². The van der Waals surface area contributed by atoms with E-state index in [0.29, 0.717) is 30.7 Å². The molecule has 11 heteroatoms. The van der Waals surface area contributed by atoms with Crippen molar-refractivity contribution in [2.45, 2.75) is 10.9 Å². The maximum absolute atomic E-state index is 13.1. The topological polar surface area (TPSA) is 112 Å². The molecular weight excluding hydrogens is 464 g/mol. The zero-order valence-corrected chi connectivity index (χ0v) is 20.0. The van der Waals surface area contributed by atoms with Crippen LogP contribution >= 0.6 is 11.3 Å². The number of thiophene rings is 1. The first-order valence-corrected chi connectivity index (χ1v) is 12.8. The summed E-state index contributed by atoms with van der Waals surface area (Å²) in [4.78, 5) is 31.2. The number of hydrogen-bond donors (Lipinski definition) is 2. The first-order chi connectivity index (χ1) is 15.8. The van der Waals surface area contributed by atoms with Crippen LogP contribution in [0, 0.1) is 0 Å². The smallest absolute Gasteiger partial charge is 0.252 e. The van der Waals surface area contributed by atoms with Crippen molar-refractivity contribution in [2.75, 3.05) is 46.9 Å².